The Morgan fingerprint density at radius 3 is 2.45 bits per heavy atom. The molecule has 1 aromatic rings. The third-order valence-corrected chi connectivity index (χ3v) is 3.57. The zero-order valence-electron chi connectivity index (χ0n) is 11.4. The molecule has 108 valence electrons. The Labute approximate surface area is 118 Å². The first-order valence-corrected chi connectivity index (χ1v) is 7.06. The van der Waals surface area contributed by atoms with Gasteiger partial charge in [0, 0.05) is 17.3 Å². The van der Waals surface area contributed by atoms with Gasteiger partial charge in [-0.3, -0.25) is 10.1 Å². The Bertz CT molecular complexity index is 480. The van der Waals surface area contributed by atoms with E-state index in [1.54, 1.807) is 24.3 Å². The van der Waals surface area contributed by atoms with Crippen molar-refractivity contribution in [2.45, 2.75) is 44.6 Å². The van der Waals surface area contributed by atoms with Crippen molar-refractivity contribution in [1.29, 1.82) is 0 Å². The highest BCUT2D eigenvalue weighted by atomic mass is 16.4. The second-order valence-electron chi connectivity index (χ2n) is 5.17. The number of carbonyl (C=O) groups excluding carboxylic acids is 1. The number of hydrogen-bond acceptors (Lipinski definition) is 2. The Morgan fingerprint density at radius 1 is 1.10 bits per heavy atom. The third-order valence-electron chi connectivity index (χ3n) is 3.57. The van der Waals surface area contributed by atoms with Crippen LogP contribution in [0, 0.1) is 0 Å². The van der Waals surface area contributed by atoms with E-state index in [0.717, 1.165) is 25.7 Å². The number of carbonyl (C=O) groups is 2. The maximum atomic E-state index is 12.2. The Morgan fingerprint density at radius 2 is 1.80 bits per heavy atom. The molecular weight excluding hydrogens is 256 g/mol. The van der Waals surface area contributed by atoms with Gasteiger partial charge in [0.25, 0.3) is 5.91 Å². The molecule has 0 bridgehead atoms. The molecule has 0 unspecified atom stereocenters. The van der Waals surface area contributed by atoms with Gasteiger partial charge in [-0.15, -0.1) is 0 Å². The van der Waals surface area contributed by atoms with Gasteiger partial charge in [-0.05, 0) is 31.0 Å². The summed E-state index contributed by atoms with van der Waals surface area (Å²) in [4.78, 5) is 22.8. The Hall–Kier alpha value is -2.04. The summed E-state index contributed by atoms with van der Waals surface area (Å²) < 4.78 is 0. The van der Waals surface area contributed by atoms with E-state index in [0.29, 0.717) is 11.3 Å². The van der Waals surface area contributed by atoms with E-state index in [4.69, 9.17) is 5.11 Å². The van der Waals surface area contributed by atoms with E-state index in [2.05, 4.69) is 10.6 Å². The van der Waals surface area contributed by atoms with Gasteiger partial charge in [0.15, 0.2) is 0 Å². The Balaban J connectivity index is 1.99. The SMILES string of the molecule is O=C(O)Nc1cccc(C(=O)NC2CCCCCC2)c1. The summed E-state index contributed by atoms with van der Waals surface area (Å²) in [5.74, 6) is -0.133. The summed E-state index contributed by atoms with van der Waals surface area (Å²) in [7, 11) is 0. The van der Waals surface area contributed by atoms with E-state index in [1.807, 2.05) is 0 Å². The molecule has 0 heterocycles. The molecule has 0 spiro atoms. The topological polar surface area (TPSA) is 78.4 Å². The number of anilines is 1. The van der Waals surface area contributed by atoms with Crippen LogP contribution in [0.3, 0.4) is 0 Å². The molecule has 2 rings (SSSR count). The number of amides is 2. The van der Waals surface area contributed by atoms with Crippen LogP contribution in [0.15, 0.2) is 24.3 Å². The van der Waals surface area contributed by atoms with Crippen molar-refractivity contribution < 1.29 is 14.7 Å². The molecule has 1 aliphatic rings. The standard InChI is InChI=1S/C15H20N2O3/c18-14(16-12-7-3-1-2-4-8-12)11-6-5-9-13(10-11)17-15(19)20/h5-6,9-10,12,17H,1-4,7-8H2,(H,16,18)(H,19,20). The first-order chi connectivity index (χ1) is 9.65. The van der Waals surface area contributed by atoms with Gasteiger partial charge >= 0.3 is 6.09 Å². The second-order valence-corrected chi connectivity index (χ2v) is 5.17. The van der Waals surface area contributed by atoms with Crippen molar-refractivity contribution in [1.82, 2.24) is 5.32 Å². The lowest BCUT2D eigenvalue weighted by atomic mass is 10.1. The lowest BCUT2D eigenvalue weighted by Crippen LogP contribution is -2.34. The first-order valence-electron chi connectivity index (χ1n) is 7.06. The largest absolute Gasteiger partial charge is 0.465 e. The molecule has 5 nitrogen and oxygen atoms in total. The van der Waals surface area contributed by atoms with Crippen LogP contribution in [0.5, 0.6) is 0 Å². The van der Waals surface area contributed by atoms with Crippen LogP contribution in [0.1, 0.15) is 48.9 Å². The van der Waals surface area contributed by atoms with Gasteiger partial charge in [-0.25, -0.2) is 4.79 Å². The smallest absolute Gasteiger partial charge is 0.409 e. The van der Waals surface area contributed by atoms with Crippen molar-refractivity contribution >= 4 is 17.7 Å². The molecule has 1 saturated carbocycles. The first kappa shape index (κ1) is 14.4. The van der Waals surface area contributed by atoms with Gasteiger partial charge in [0.2, 0.25) is 0 Å². The predicted molar refractivity (Wildman–Crippen MR) is 77.0 cm³/mol. The highest BCUT2D eigenvalue weighted by molar-refractivity contribution is 5.96. The van der Waals surface area contributed by atoms with E-state index in [1.165, 1.54) is 12.8 Å². The van der Waals surface area contributed by atoms with Crippen LogP contribution in [0.4, 0.5) is 10.5 Å². The predicted octanol–water partition coefficient (Wildman–Crippen LogP) is 3.23. The molecule has 3 N–H and O–H groups in total. The van der Waals surface area contributed by atoms with E-state index >= 15 is 0 Å². The quantitative estimate of drug-likeness (QED) is 0.742. The Kier molecular flexibility index (Phi) is 4.98. The maximum absolute atomic E-state index is 12.2. The number of carboxylic acid groups (broad SMARTS) is 1. The van der Waals surface area contributed by atoms with E-state index < -0.39 is 6.09 Å². The van der Waals surface area contributed by atoms with Crippen molar-refractivity contribution in [3.05, 3.63) is 29.8 Å². The minimum Gasteiger partial charge on any atom is -0.465 e. The van der Waals surface area contributed by atoms with Gasteiger partial charge < -0.3 is 10.4 Å². The molecule has 5 heteroatoms. The summed E-state index contributed by atoms with van der Waals surface area (Å²) >= 11 is 0. The van der Waals surface area contributed by atoms with Crippen LogP contribution in [-0.2, 0) is 0 Å². The zero-order valence-corrected chi connectivity index (χ0v) is 11.4. The van der Waals surface area contributed by atoms with Crippen molar-refractivity contribution in [3.63, 3.8) is 0 Å². The van der Waals surface area contributed by atoms with E-state index in [-0.39, 0.29) is 11.9 Å². The molecule has 0 saturated heterocycles. The van der Waals surface area contributed by atoms with Crippen LogP contribution in [0.25, 0.3) is 0 Å². The molecule has 1 fully saturated rings. The average Bonchev–Trinajstić information content (AvgIpc) is 2.67. The molecule has 0 radical (unpaired) electrons. The van der Waals surface area contributed by atoms with E-state index in [9.17, 15) is 9.59 Å². The highest BCUT2D eigenvalue weighted by Gasteiger charge is 2.16. The van der Waals surface area contributed by atoms with Gasteiger partial charge in [-0.2, -0.15) is 0 Å². The van der Waals surface area contributed by atoms with Gasteiger partial charge in [0.05, 0.1) is 0 Å². The average molecular weight is 276 g/mol. The molecule has 1 aromatic carbocycles. The summed E-state index contributed by atoms with van der Waals surface area (Å²) in [5.41, 5.74) is 0.895. The summed E-state index contributed by atoms with van der Waals surface area (Å²) in [5, 5.41) is 14.0. The third kappa shape index (κ3) is 4.26. The lowest BCUT2D eigenvalue weighted by Gasteiger charge is -2.16. The van der Waals surface area contributed by atoms with Gasteiger partial charge in [0.1, 0.15) is 0 Å². The number of benzene rings is 1. The molecule has 20 heavy (non-hydrogen) atoms. The van der Waals surface area contributed by atoms with Crippen molar-refractivity contribution in [2.75, 3.05) is 5.32 Å². The van der Waals surface area contributed by atoms with Crippen LogP contribution in [-0.4, -0.2) is 23.1 Å². The van der Waals surface area contributed by atoms with Crippen molar-refractivity contribution in [2.24, 2.45) is 0 Å². The minimum absolute atomic E-state index is 0.133. The van der Waals surface area contributed by atoms with Crippen LogP contribution in [0.2, 0.25) is 0 Å². The molecule has 2 amide bonds. The minimum atomic E-state index is -1.13. The zero-order chi connectivity index (χ0) is 14.4. The highest BCUT2D eigenvalue weighted by Crippen LogP contribution is 2.18. The number of nitrogens with one attached hydrogen (secondary N) is 2. The van der Waals surface area contributed by atoms with Gasteiger partial charge in [-0.1, -0.05) is 31.7 Å². The normalized spacial score (nSPS) is 16.2. The molecule has 0 atom stereocenters. The fraction of sp³-hybridized carbons (Fsp3) is 0.467. The fourth-order valence-corrected chi connectivity index (χ4v) is 2.55. The number of rotatable bonds is 3. The fourth-order valence-electron chi connectivity index (χ4n) is 2.55. The summed E-state index contributed by atoms with van der Waals surface area (Å²) in [6.45, 7) is 0. The molecule has 0 aliphatic heterocycles. The lowest BCUT2D eigenvalue weighted by molar-refractivity contribution is 0.0933. The summed E-state index contributed by atoms with van der Waals surface area (Å²) in [6, 6.07) is 6.78. The monoisotopic (exact) mass is 276 g/mol. The number of hydrogen-bond donors (Lipinski definition) is 3. The molecule has 1 aliphatic carbocycles. The molecular formula is C15H20N2O3. The van der Waals surface area contributed by atoms with Crippen molar-refractivity contribution in [3.8, 4) is 0 Å². The van der Waals surface area contributed by atoms with Crippen LogP contribution >= 0.6 is 0 Å². The molecule has 0 aromatic heterocycles. The second kappa shape index (κ2) is 6.93. The summed E-state index contributed by atoms with van der Waals surface area (Å²) in [6.07, 6.45) is 5.72. The maximum Gasteiger partial charge on any atom is 0.409 e. The van der Waals surface area contributed by atoms with Crippen LogP contribution < -0.4 is 10.6 Å².